The Balaban J connectivity index is 1.68. The van der Waals surface area contributed by atoms with Crippen LogP contribution in [0.3, 0.4) is 0 Å². The fourth-order valence-electron chi connectivity index (χ4n) is 6.10. The minimum Gasteiger partial charge on any atom is -0.507 e. The van der Waals surface area contributed by atoms with Crippen molar-refractivity contribution < 1.29 is 24.5 Å². The number of fused-ring (bicyclic) bond motifs is 4. The quantitative estimate of drug-likeness (QED) is 0.306. The van der Waals surface area contributed by atoms with Crippen molar-refractivity contribution in [1.82, 2.24) is 0 Å². The molecule has 0 spiro atoms. The molecule has 0 aromatic heterocycles. The molecule has 2 aliphatic carbocycles. The van der Waals surface area contributed by atoms with E-state index in [0.29, 0.717) is 28.8 Å². The van der Waals surface area contributed by atoms with E-state index in [1.165, 1.54) is 6.07 Å². The lowest BCUT2D eigenvalue weighted by Gasteiger charge is -2.38. The van der Waals surface area contributed by atoms with Gasteiger partial charge in [0, 0.05) is 16.7 Å². The number of aromatic hydroxyl groups is 1. The summed E-state index contributed by atoms with van der Waals surface area (Å²) < 4.78 is 6.41. The molecule has 35 heavy (non-hydrogen) atoms. The first-order valence-corrected chi connectivity index (χ1v) is 11.7. The van der Waals surface area contributed by atoms with Gasteiger partial charge in [0.25, 0.3) is 0 Å². The minimum atomic E-state index is -1.32. The van der Waals surface area contributed by atoms with Crippen molar-refractivity contribution in [3.63, 3.8) is 0 Å². The smallest absolute Gasteiger partial charge is 0.198 e. The Bertz CT molecular complexity index is 1510. The topological polar surface area (TPSA) is 99.2 Å². The Morgan fingerprint density at radius 3 is 2.54 bits per heavy atom. The van der Waals surface area contributed by atoms with Gasteiger partial charge in [-0.15, -0.1) is 0 Å². The summed E-state index contributed by atoms with van der Waals surface area (Å²) in [7, 11) is 0. The molecule has 0 unspecified atom stereocenters. The molecule has 6 nitrogen and oxygen atoms in total. The highest BCUT2D eigenvalue weighted by Crippen LogP contribution is 2.68. The number of phenolic OH excluding ortho intramolecular Hbond substituents is 1. The third-order valence-corrected chi connectivity index (χ3v) is 7.69. The number of allylic oxidation sites excluding steroid dienone is 2. The summed E-state index contributed by atoms with van der Waals surface area (Å²) in [6.07, 6.45) is 2.49. The largest absolute Gasteiger partial charge is 0.507 e. The second-order valence-electron chi connectivity index (χ2n) is 9.60. The van der Waals surface area contributed by atoms with Crippen LogP contribution >= 0.6 is 0 Å². The van der Waals surface area contributed by atoms with Gasteiger partial charge in [0.15, 0.2) is 23.3 Å². The third-order valence-electron chi connectivity index (χ3n) is 7.69. The number of anilines is 1. The highest BCUT2D eigenvalue weighted by atomic mass is 16.6. The Morgan fingerprint density at radius 1 is 1.09 bits per heavy atom. The molecule has 2 aliphatic heterocycles. The molecular formula is C29H23NO5. The molecule has 1 saturated heterocycles. The van der Waals surface area contributed by atoms with E-state index < -0.39 is 29.1 Å². The number of epoxide rings is 1. The van der Waals surface area contributed by atoms with Crippen molar-refractivity contribution in [3.8, 4) is 29.4 Å². The summed E-state index contributed by atoms with van der Waals surface area (Å²) >= 11 is 0. The number of ketones is 2. The average Bonchev–Trinajstić information content (AvgIpc) is 3.57. The molecule has 2 aromatic carbocycles. The molecule has 2 bridgehead atoms. The first kappa shape index (κ1) is 21.7. The zero-order valence-corrected chi connectivity index (χ0v) is 19.5. The van der Waals surface area contributed by atoms with Crippen molar-refractivity contribution in [2.45, 2.75) is 50.5 Å². The lowest BCUT2D eigenvalue weighted by atomic mass is 9.67. The molecule has 0 radical (unpaired) electrons. The molecule has 4 atom stereocenters. The van der Waals surface area contributed by atoms with Gasteiger partial charge in [0.1, 0.15) is 17.4 Å². The zero-order chi connectivity index (χ0) is 24.7. The second-order valence-corrected chi connectivity index (χ2v) is 9.60. The van der Waals surface area contributed by atoms with Gasteiger partial charge in [-0.3, -0.25) is 9.59 Å². The highest BCUT2D eigenvalue weighted by Gasteiger charge is 2.81. The summed E-state index contributed by atoms with van der Waals surface area (Å²) in [6.45, 7) is 5.86. The molecule has 174 valence electrons. The Kier molecular flexibility index (Phi) is 4.39. The number of hydrogen-bond acceptors (Lipinski definition) is 6. The summed E-state index contributed by atoms with van der Waals surface area (Å²) in [5, 5.41) is 25.8. The van der Waals surface area contributed by atoms with E-state index >= 15 is 0 Å². The molecule has 1 fully saturated rings. The van der Waals surface area contributed by atoms with Crippen LogP contribution in [0.2, 0.25) is 0 Å². The number of aryl methyl sites for hydroxylation is 1. The molecule has 2 aromatic rings. The number of benzene rings is 2. The number of aliphatic hydroxyl groups is 1. The third kappa shape index (κ3) is 2.48. The van der Waals surface area contributed by atoms with Crippen LogP contribution in [-0.2, 0) is 16.8 Å². The zero-order valence-electron chi connectivity index (χ0n) is 19.5. The van der Waals surface area contributed by atoms with Gasteiger partial charge in [0.05, 0.1) is 16.8 Å². The standard InChI is InChI=1S/C29H23NO5/c1-4-16-10-9-11-17-22(16)27(34)23-19(31)14-18-25(24(23)26(17)33)30-20-12-7-5-6-8-13-21(32)29(18)28(20,35-29)15(2)3/h5-6,9-11,14-15,20-21,30-32H,4H2,1-3H3/b6-5-/t20-,21-,28-,29-/m0/s1. The van der Waals surface area contributed by atoms with Crippen molar-refractivity contribution in [3.05, 3.63) is 69.8 Å². The monoisotopic (exact) mass is 465 g/mol. The maximum atomic E-state index is 13.9. The average molecular weight is 466 g/mol. The molecule has 6 heteroatoms. The molecule has 4 aliphatic rings. The predicted octanol–water partition coefficient (Wildman–Crippen LogP) is 3.08. The second kappa shape index (κ2) is 7.09. The fourth-order valence-corrected chi connectivity index (χ4v) is 6.10. The number of rotatable bonds is 2. The first-order valence-electron chi connectivity index (χ1n) is 11.7. The summed E-state index contributed by atoms with van der Waals surface area (Å²) in [5.74, 6) is 10.6. The van der Waals surface area contributed by atoms with Crippen LogP contribution in [0.15, 0.2) is 36.4 Å². The van der Waals surface area contributed by atoms with Crippen LogP contribution in [0.1, 0.15) is 63.7 Å². The van der Waals surface area contributed by atoms with Gasteiger partial charge in [0.2, 0.25) is 0 Å². The van der Waals surface area contributed by atoms with Crippen molar-refractivity contribution in [2.75, 3.05) is 5.32 Å². The number of nitrogens with one attached hydrogen (secondary N) is 1. The molecule has 0 saturated carbocycles. The molecule has 6 rings (SSSR count). The number of phenols is 1. The number of ether oxygens (including phenoxy) is 1. The van der Waals surface area contributed by atoms with Gasteiger partial charge < -0.3 is 20.3 Å². The lowest BCUT2D eigenvalue weighted by Crippen LogP contribution is -2.52. The van der Waals surface area contributed by atoms with Gasteiger partial charge >= 0.3 is 0 Å². The normalized spacial score (nSPS) is 29.7. The molecular weight excluding hydrogens is 442 g/mol. The van der Waals surface area contributed by atoms with Gasteiger partial charge in [-0.25, -0.2) is 0 Å². The van der Waals surface area contributed by atoms with E-state index in [2.05, 4.69) is 29.0 Å². The Morgan fingerprint density at radius 2 is 1.83 bits per heavy atom. The maximum absolute atomic E-state index is 13.9. The first-order chi connectivity index (χ1) is 16.8. The van der Waals surface area contributed by atoms with E-state index in [4.69, 9.17) is 4.74 Å². The van der Waals surface area contributed by atoms with E-state index in [1.807, 2.05) is 26.8 Å². The summed E-state index contributed by atoms with van der Waals surface area (Å²) in [4.78, 5) is 27.5. The van der Waals surface area contributed by atoms with Crippen molar-refractivity contribution in [2.24, 2.45) is 5.92 Å². The summed E-state index contributed by atoms with van der Waals surface area (Å²) in [5.41, 5.74) is -0.0858. The van der Waals surface area contributed by atoms with Crippen LogP contribution in [0.25, 0.3) is 0 Å². The molecule has 2 heterocycles. The van der Waals surface area contributed by atoms with Crippen LogP contribution < -0.4 is 5.32 Å². The number of hydrogen-bond donors (Lipinski definition) is 3. The van der Waals surface area contributed by atoms with Gasteiger partial charge in [-0.05, 0) is 36.1 Å². The maximum Gasteiger partial charge on any atom is 0.198 e. The van der Waals surface area contributed by atoms with Crippen LogP contribution in [-0.4, -0.2) is 39.5 Å². The van der Waals surface area contributed by atoms with E-state index in [0.717, 1.165) is 5.56 Å². The van der Waals surface area contributed by atoms with Crippen LogP contribution in [0, 0.1) is 29.6 Å². The number of carbonyl (C=O) groups excluding carboxylic acids is 2. The van der Waals surface area contributed by atoms with E-state index in [9.17, 15) is 19.8 Å². The van der Waals surface area contributed by atoms with Crippen LogP contribution in [0.4, 0.5) is 5.69 Å². The number of aliphatic hydroxyl groups excluding tert-OH is 1. The highest BCUT2D eigenvalue weighted by molar-refractivity contribution is 6.31. The Hall–Kier alpha value is -3.84. The summed E-state index contributed by atoms with van der Waals surface area (Å²) in [6, 6.07) is 6.07. The van der Waals surface area contributed by atoms with Gasteiger partial charge in [-0.2, -0.15) is 0 Å². The SMILES string of the molecule is CCc1cccc2c1C(=O)c1c(O)cc3c(c1C2=O)N[C@H]1C#C/C=C\C#C[C@H](O)[C@@]32O[C@@]12C(C)C. The van der Waals surface area contributed by atoms with Crippen molar-refractivity contribution >= 4 is 17.3 Å². The van der Waals surface area contributed by atoms with Crippen molar-refractivity contribution in [1.29, 1.82) is 0 Å². The fraction of sp³-hybridized carbons (Fsp3) is 0.310. The van der Waals surface area contributed by atoms with Gasteiger partial charge in [-0.1, -0.05) is 62.7 Å². The van der Waals surface area contributed by atoms with Crippen LogP contribution in [0.5, 0.6) is 5.75 Å². The minimum absolute atomic E-state index is 0.0400. The molecule has 3 N–H and O–H groups in total. The van der Waals surface area contributed by atoms with E-state index in [-0.39, 0.29) is 28.6 Å². The number of carbonyl (C=O) groups is 2. The molecule has 0 amide bonds. The van der Waals surface area contributed by atoms with E-state index in [1.54, 1.807) is 24.3 Å². The predicted molar refractivity (Wildman–Crippen MR) is 129 cm³/mol. The lowest BCUT2D eigenvalue weighted by molar-refractivity contribution is 0.0974. The Labute approximate surface area is 203 Å².